The summed E-state index contributed by atoms with van der Waals surface area (Å²) in [4.78, 5) is 0. The third-order valence-electron chi connectivity index (χ3n) is 2.51. The van der Waals surface area contributed by atoms with Crippen LogP contribution >= 0.6 is 27.5 Å². The lowest BCUT2D eigenvalue weighted by molar-refractivity contribution is 0.421. The van der Waals surface area contributed by atoms with E-state index in [9.17, 15) is 0 Å². The van der Waals surface area contributed by atoms with Gasteiger partial charge in [-0.15, -0.1) is 5.10 Å². The molecule has 0 bridgehead atoms. The standard InChI is InChI=1S/C13H16BrClN4/c1-13(2,3)16-7-9-8-19(18-17-9)10-4-5-11(14)12(15)6-10/h4-6,8,16H,7H2,1-3H3. The summed E-state index contributed by atoms with van der Waals surface area (Å²) in [6, 6.07) is 5.68. The van der Waals surface area contributed by atoms with Crippen LogP contribution in [0.1, 0.15) is 26.5 Å². The van der Waals surface area contributed by atoms with E-state index in [0.717, 1.165) is 15.9 Å². The van der Waals surface area contributed by atoms with Crippen LogP contribution in [-0.2, 0) is 6.54 Å². The minimum absolute atomic E-state index is 0.0602. The second kappa shape index (κ2) is 5.61. The fourth-order valence-corrected chi connectivity index (χ4v) is 1.91. The van der Waals surface area contributed by atoms with Crippen molar-refractivity contribution in [3.8, 4) is 5.69 Å². The van der Waals surface area contributed by atoms with Crippen LogP contribution in [0.15, 0.2) is 28.9 Å². The molecule has 0 saturated carbocycles. The lowest BCUT2D eigenvalue weighted by atomic mass is 10.1. The number of nitrogens with one attached hydrogen (secondary N) is 1. The van der Waals surface area contributed by atoms with Crippen molar-refractivity contribution in [2.75, 3.05) is 0 Å². The van der Waals surface area contributed by atoms with E-state index in [1.165, 1.54) is 0 Å². The van der Waals surface area contributed by atoms with Crippen molar-refractivity contribution in [3.63, 3.8) is 0 Å². The van der Waals surface area contributed by atoms with E-state index in [4.69, 9.17) is 11.6 Å². The first-order valence-corrected chi connectivity index (χ1v) is 7.14. The Morgan fingerprint density at radius 2 is 2.11 bits per heavy atom. The molecule has 1 N–H and O–H groups in total. The van der Waals surface area contributed by atoms with Crippen LogP contribution in [0, 0.1) is 0 Å². The zero-order valence-corrected chi connectivity index (χ0v) is 13.5. The largest absolute Gasteiger partial charge is 0.306 e. The van der Waals surface area contributed by atoms with Crippen molar-refractivity contribution in [2.45, 2.75) is 32.9 Å². The Bertz CT molecular complexity index is 574. The van der Waals surface area contributed by atoms with Gasteiger partial charge < -0.3 is 5.32 Å². The second-order valence-corrected chi connectivity index (χ2v) is 6.62. The minimum atomic E-state index is 0.0602. The van der Waals surface area contributed by atoms with Crippen LogP contribution < -0.4 is 5.32 Å². The lowest BCUT2D eigenvalue weighted by Crippen LogP contribution is -2.35. The highest BCUT2D eigenvalue weighted by molar-refractivity contribution is 9.10. The molecular weight excluding hydrogens is 328 g/mol. The van der Waals surface area contributed by atoms with Crippen LogP contribution in [0.5, 0.6) is 0 Å². The van der Waals surface area contributed by atoms with Gasteiger partial charge in [-0.2, -0.15) is 0 Å². The number of rotatable bonds is 3. The molecule has 0 aliphatic heterocycles. The fraction of sp³-hybridized carbons (Fsp3) is 0.385. The average molecular weight is 344 g/mol. The smallest absolute Gasteiger partial charge is 0.0969 e. The molecule has 0 fully saturated rings. The van der Waals surface area contributed by atoms with Gasteiger partial charge in [0.25, 0.3) is 0 Å². The van der Waals surface area contributed by atoms with E-state index in [2.05, 4.69) is 52.3 Å². The molecule has 0 atom stereocenters. The molecule has 4 nitrogen and oxygen atoms in total. The summed E-state index contributed by atoms with van der Waals surface area (Å²) in [5, 5.41) is 12.3. The van der Waals surface area contributed by atoms with Gasteiger partial charge in [0.15, 0.2) is 0 Å². The molecule has 102 valence electrons. The zero-order chi connectivity index (χ0) is 14.0. The van der Waals surface area contributed by atoms with E-state index in [1.807, 2.05) is 24.4 Å². The van der Waals surface area contributed by atoms with Crippen molar-refractivity contribution in [2.24, 2.45) is 0 Å². The monoisotopic (exact) mass is 342 g/mol. The second-order valence-electron chi connectivity index (χ2n) is 5.36. The Morgan fingerprint density at radius 3 is 2.74 bits per heavy atom. The van der Waals surface area contributed by atoms with Crippen LogP contribution in [0.2, 0.25) is 5.02 Å². The summed E-state index contributed by atoms with van der Waals surface area (Å²) in [5.74, 6) is 0. The lowest BCUT2D eigenvalue weighted by Gasteiger charge is -2.19. The molecule has 0 aliphatic carbocycles. The molecule has 1 aromatic heterocycles. The summed E-state index contributed by atoms with van der Waals surface area (Å²) in [6.45, 7) is 7.04. The van der Waals surface area contributed by atoms with Gasteiger partial charge in [-0.1, -0.05) is 16.8 Å². The SMILES string of the molecule is CC(C)(C)NCc1cn(-c2ccc(Br)c(Cl)c2)nn1. The summed E-state index contributed by atoms with van der Waals surface area (Å²) in [6.07, 6.45) is 1.90. The molecule has 0 spiro atoms. The Kier molecular flexibility index (Phi) is 4.28. The van der Waals surface area contributed by atoms with Gasteiger partial charge in [0.2, 0.25) is 0 Å². The van der Waals surface area contributed by atoms with Crippen molar-refractivity contribution in [1.82, 2.24) is 20.3 Å². The predicted octanol–water partition coefficient (Wildman–Crippen LogP) is 3.57. The van der Waals surface area contributed by atoms with E-state index in [-0.39, 0.29) is 5.54 Å². The Morgan fingerprint density at radius 1 is 1.37 bits per heavy atom. The van der Waals surface area contributed by atoms with E-state index in [0.29, 0.717) is 11.6 Å². The molecule has 6 heteroatoms. The third-order valence-corrected chi connectivity index (χ3v) is 3.74. The van der Waals surface area contributed by atoms with E-state index >= 15 is 0 Å². The quantitative estimate of drug-likeness (QED) is 0.926. The molecular formula is C13H16BrClN4. The minimum Gasteiger partial charge on any atom is -0.306 e. The van der Waals surface area contributed by atoms with Gasteiger partial charge >= 0.3 is 0 Å². The van der Waals surface area contributed by atoms with Gasteiger partial charge in [-0.3, -0.25) is 0 Å². The molecule has 2 aromatic rings. The van der Waals surface area contributed by atoms with Crippen molar-refractivity contribution in [3.05, 3.63) is 39.6 Å². The maximum Gasteiger partial charge on any atom is 0.0969 e. The van der Waals surface area contributed by atoms with Crippen LogP contribution in [-0.4, -0.2) is 20.5 Å². The summed E-state index contributed by atoms with van der Waals surface area (Å²) in [5.41, 5.74) is 1.85. The number of benzene rings is 1. The normalized spacial score (nSPS) is 11.8. The fourth-order valence-electron chi connectivity index (χ4n) is 1.49. The molecule has 0 radical (unpaired) electrons. The summed E-state index contributed by atoms with van der Waals surface area (Å²) in [7, 11) is 0. The van der Waals surface area contributed by atoms with Gasteiger partial charge in [-0.25, -0.2) is 4.68 Å². The van der Waals surface area contributed by atoms with Gasteiger partial charge in [0.05, 0.1) is 22.6 Å². The first kappa shape index (κ1) is 14.5. The molecule has 1 aromatic carbocycles. The number of aromatic nitrogens is 3. The summed E-state index contributed by atoms with van der Waals surface area (Å²) >= 11 is 9.44. The molecule has 0 saturated heterocycles. The number of halogens is 2. The maximum atomic E-state index is 6.07. The van der Waals surface area contributed by atoms with Crippen LogP contribution in [0.25, 0.3) is 5.69 Å². The Hall–Kier alpha value is -0.910. The molecule has 1 heterocycles. The number of hydrogen-bond donors (Lipinski definition) is 1. The first-order chi connectivity index (χ1) is 8.85. The summed E-state index contributed by atoms with van der Waals surface area (Å²) < 4.78 is 2.59. The Labute approximate surface area is 126 Å². The van der Waals surface area contributed by atoms with Gasteiger partial charge in [0, 0.05) is 16.6 Å². The average Bonchev–Trinajstić information content (AvgIpc) is 2.78. The van der Waals surface area contributed by atoms with Gasteiger partial charge in [0.1, 0.15) is 0 Å². The molecule has 0 amide bonds. The van der Waals surface area contributed by atoms with Crippen molar-refractivity contribution >= 4 is 27.5 Å². The highest BCUT2D eigenvalue weighted by Crippen LogP contribution is 2.24. The van der Waals surface area contributed by atoms with Gasteiger partial charge in [-0.05, 0) is 54.9 Å². The molecule has 0 aliphatic rings. The molecule has 2 rings (SSSR count). The van der Waals surface area contributed by atoms with Crippen molar-refractivity contribution < 1.29 is 0 Å². The molecule has 0 unspecified atom stereocenters. The van der Waals surface area contributed by atoms with E-state index in [1.54, 1.807) is 4.68 Å². The zero-order valence-electron chi connectivity index (χ0n) is 11.1. The van der Waals surface area contributed by atoms with Crippen LogP contribution in [0.4, 0.5) is 0 Å². The number of hydrogen-bond acceptors (Lipinski definition) is 3. The highest BCUT2D eigenvalue weighted by Gasteiger charge is 2.10. The van der Waals surface area contributed by atoms with E-state index < -0.39 is 0 Å². The third kappa shape index (κ3) is 4.03. The maximum absolute atomic E-state index is 6.07. The topological polar surface area (TPSA) is 42.7 Å². The predicted molar refractivity (Wildman–Crippen MR) is 80.7 cm³/mol. The number of nitrogens with zero attached hydrogens (tertiary/aromatic N) is 3. The highest BCUT2D eigenvalue weighted by atomic mass is 79.9. The first-order valence-electron chi connectivity index (χ1n) is 5.97. The molecule has 19 heavy (non-hydrogen) atoms. The van der Waals surface area contributed by atoms with Crippen molar-refractivity contribution in [1.29, 1.82) is 0 Å². The Balaban J connectivity index is 2.14. The van der Waals surface area contributed by atoms with Crippen LogP contribution in [0.3, 0.4) is 0 Å².